The molecule has 1 aromatic rings. The standard InChI is InChI=1S/C15H23NO4/c1-5-12(15(17)18-4)16-11-8-9-13(19-6-2)14(10-11)20-7-3/h8-10,12,16H,5-7H2,1-4H3. The van der Waals surface area contributed by atoms with E-state index < -0.39 is 0 Å². The topological polar surface area (TPSA) is 56.8 Å². The molecular weight excluding hydrogens is 258 g/mol. The molecule has 1 N–H and O–H groups in total. The molecule has 1 unspecified atom stereocenters. The summed E-state index contributed by atoms with van der Waals surface area (Å²) in [7, 11) is 1.39. The second-order valence-electron chi connectivity index (χ2n) is 4.16. The predicted molar refractivity (Wildman–Crippen MR) is 78.5 cm³/mol. The van der Waals surface area contributed by atoms with E-state index in [1.54, 1.807) is 0 Å². The van der Waals surface area contributed by atoms with E-state index in [1.165, 1.54) is 7.11 Å². The van der Waals surface area contributed by atoms with Gasteiger partial charge in [-0.15, -0.1) is 0 Å². The second-order valence-corrected chi connectivity index (χ2v) is 4.16. The SMILES string of the molecule is CCOc1ccc(NC(CC)C(=O)OC)cc1OCC. The molecule has 112 valence electrons. The van der Waals surface area contributed by atoms with Gasteiger partial charge in [0.15, 0.2) is 11.5 Å². The average Bonchev–Trinajstić information content (AvgIpc) is 2.47. The summed E-state index contributed by atoms with van der Waals surface area (Å²) in [5.74, 6) is 1.09. The number of anilines is 1. The fourth-order valence-electron chi connectivity index (χ4n) is 1.81. The molecule has 0 aliphatic carbocycles. The van der Waals surface area contributed by atoms with Crippen LogP contribution in [-0.4, -0.2) is 32.3 Å². The normalized spacial score (nSPS) is 11.6. The van der Waals surface area contributed by atoms with Crippen LogP contribution < -0.4 is 14.8 Å². The van der Waals surface area contributed by atoms with Gasteiger partial charge in [-0.2, -0.15) is 0 Å². The number of ether oxygens (including phenoxy) is 3. The van der Waals surface area contributed by atoms with Crippen molar-refractivity contribution >= 4 is 11.7 Å². The smallest absolute Gasteiger partial charge is 0.328 e. The minimum absolute atomic E-state index is 0.278. The van der Waals surface area contributed by atoms with Crippen LogP contribution in [0.5, 0.6) is 11.5 Å². The van der Waals surface area contributed by atoms with Gasteiger partial charge in [0.2, 0.25) is 0 Å². The van der Waals surface area contributed by atoms with Crippen molar-refractivity contribution in [1.29, 1.82) is 0 Å². The molecule has 0 saturated carbocycles. The number of rotatable bonds is 8. The summed E-state index contributed by atoms with van der Waals surface area (Å²) in [6, 6.07) is 5.16. The van der Waals surface area contributed by atoms with Crippen LogP contribution >= 0.6 is 0 Å². The Labute approximate surface area is 120 Å². The minimum Gasteiger partial charge on any atom is -0.490 e. The number of carbonyl (C=O) groups excluding carboxylic acids is 1. The van der Waals surface area contributed by atoms with Crippen LogP contribution in [0.4, 0.5) is 5.69 Å². The predicted octanol–water partition coefficient (Wildman–Crippen LogP) is 2.85. The molecule has 0 aromatic heterocycles. The van der Waals surface area contributed by atoms with Gasteiger partial charge in [0.1, 0.15) is 6.04 Å². The zero-order valence-electron chi connectivity index (χ0n) is 12.6. The summed E-state index contributed by atoms with van der Waals surface area (Å²) in [5, 5.41) is 3.14. The van der Waals surface area contributed by atoms with Gasteiger partial charge in [-0.3, -0.25) is 0 Å². The first kappa shape index (κ1) is 16.1. The van der Waals surface area contributed by atoms with Crippen molar-refractivity contribution in [3.8, 4) is 11.5 Å². The summed E-state index contributed by atoms with van der Waals surface area (Å²) >= 11 is 0. The van der Waals surface area contributed by atoms with E-state index in [-0.39, 0.29) is 12.0 Å². The molecule has 0 radical (unpaired) electrons. The zero-order valence-corrected chi connectivity index (χ0v) is 12.6. The lowest BCUT2D eigenvalue weighted by molar-refractivity contribution is -0.141. The van der Waals surface area contributed by atoms with Crippen LogP contribution in [0.2, 0.25) is 0 Å². The van der Waals surface area contributed by atoms with Crippen molar-refractivity contribution in [1.82, 2.24) is 0 Å². The summed E-state index contributed by atoms with van der Waals surface area (Å²) in [5.41, 5.74) is 0.800. The Morgan fingerprint density at radius 2 is 1.80 bits per heavy atom. The highest BCUT2D eigenvalue weighted by molar-refractivity contribution is 5.79. The molecule has 0 saturated heterocycles. The summed E-state index contributed by atoms with van der Waals surface area (Å²) in [4.78, 5) is 11.6. The maximum absolute atomic E-state index is 11.6. The maximum atomic E-state index is 11.6. The molecule has 1 atom stereocenters. The van der Waals surface area contributed by atoms with Crippen LogP contribution in [0.1, 0.15) is 27.2 Å². The first-order valence-electron chi connectivity index (χ1n) is 6.90. The molecule has 0 spiro atoms. The Kier molecular flexibility index (Phi) is 6.70. The van der Waals surface area contributed by atoms with Gasteiger partial charge in [0.25, 0.3) is 0 Å². The van der Waals surface area contributed by atoms with E-state index in [0.717, 1.165) is 5.69 Å². The molecule has 0 aliphatic rings. The number of esters is 1. The third-order valence-electron chi connectivity index (χ3n) is 2.78. The number of benzene rings is 1. The van der Waals surface area contributed by atoms with Crippen LogP contribution in [0.25, 0.3) is 0 Å². The molecule has 5 nitrogen and oxygen atoms in total. The second kappa shape index (κ2) is 8.30. The number of nitrogens with one attached hydrogen (secondary N) is 1. The van der Waals surface area contributed by atoms with Crippen molar-refractivity contribution in [3.05, 3.63) is 18.2 Å². The fourth-order valence-corrected chi connectivity index (χ4v) is 1.81. The molecule has 5 heteroatoms. The lowest BCUT2D eigenvalue weighted by Gasteiger charge is -2.17. The molecule has 1 aromatic carbocycles. The highest BCUT2D eigenvalue weighted by Gasteiger charge is 2.17. The number of hydrogen-bond donors (Lipinski definition) is 1. The molecule has 20 heavy (non-hydrogen) atoms. The molecule has 1 rings (SSSR count). The Balaban J connectivity index is 2.90. The molecular formula is C15H23NO4. The van der Waals surface area contributed by atoms with Crippen molar-refractivity contribution in [3.63, 3.8) is 0 Å². The van der Waals surface area contributed by atoms with Crippen LogP contribution in [-0.2, 0) is 9.53 Å². The van der Waals surface area contributed by atoms with Crippen molar-refractivity contribution < 1.29 is 19.0 Å². The fraction of sp³-hybridized carbons (Fsp3) is 0.533. The van der Waals surface area contributed by atoms with Crippen LogP contribution in [0.15, 0.2) is 18.2 Å². The molecule has 0 amide bonds. The summed E-state index contributed by atoms with van der Waals surface area (Å²) in [6.45, 7) is 6.89. The average molecular weight is 281 g/mol. The first-order valence-corrected chi connectivity index (χ1v) is 6.90. The summed E-state index contributed by atoms with van der Waals surface area (Å²) in [6.07, 6.45) is 0.643. The number of methoxy groups -OCH3 is 1. The third kappa shape index (κ3) is 4.33. The van der Waals surface area contributed by atoms with Gasteiger partial charge in [0.05, 0.1) is 20.3 Å². The molecule has 0 bridgehead atoms. The quantitative estimate of drug-likeness (QED) is 0.743. The van der Waals surface area contributed by atoms with Gasteiger partial charge in [-0.1, -0.05) is 6.92 Å². The Morgan fingerprint density at radius 3 is 2.35 bits per heavy atom. The Bertz CT molecular complexity index is 434. The number of carbonyl (C=O) groups is 1. The largest absolute Gasteiger partial charge is 0.490 e. The molecule has 0 heterocycles. The lowest BCUT2D eigenvalue weighted by Crippen LogP contribution is -2.29. The molecule has 0 aliphatic heterocycles. The van der Waals surface area contributed by atoms with E-state index in [1.807, 2.05) is 39.0 Å². The van der Waals surface area contributed by atoms with E-state index in [4.69, 9.17) is 14.2 Å². The van der Waals surface area contributed by atoms with Gasteiger partial charge in [0, 0.05) is 11.8 Å². The van der Waals surface area contributed by atoms with Gasteiger partial charge in [-0.05, 0) is 32.4 Å². The van der Waals surface area contributed by atoms with Crippen molar-refractivity contribution in [2.45, 2.75) is 33.2 Å². The lowest BCUT2D eigenvalue weighted by atomic mass is 10.2. The first-order chi connectivity index (χ1) is 9.65. The zero-order chi connectivity index (χ0) is 15.0. The van der Waals surface area contributed by atoms with Crippen LogP contribution in [0, 0.1) is 0 Å². The van der Waals surface area contributed by atoms with E-state index in [9.17, 15) is 4.79 Å². The highest BCUT2D eigenvalue weighted by atomic mass is 16.5. The Morgan fingerprint density at radius 1 is 1.15 bits per heavy atom. The van der Waals surface area contributed by atoms with E-state index in [0.29, 0.717) is 31.1 Å². The van der Waals surface area contributed by atoms with E-state index >= 15 is 0 Å². The minimum atomic E-state index is -0.368. The van der Waals surface area contributed by atoms with Gasteiger partial charge < -0.3 is 19.5 Å². The molecule has 0 fully saturated rings. The van der Waals surface area contributed by atoms with Crippen molar-refractivity contribution in [2.24, 2.45) is 0 Å². The highest BCUT2D eigenvalue weighted by Crippen LogP contribution is 2.31. The third-order valence-corrected chi connectivity index (χ3v) is 2.78. The Hall–Kier alpha value is -1.91. The van der Waals surface area contributed by atoms with Crippen LogP contribution in [0.3, 0.4) is 0 Å². The monoisotopic (exact) mass is 281 g/mol. The van der Waals surface area contributed by atoms with Crippen molar-refractivity contribution in [2.75, 3.05) is 25.6 Å². The van der Waals surface area contributed by atoms with E-state index in [2.05, 4.69) is 5.32 Å². The van der Waals surface area contributed by atoms with Gasteiger partial charge >= 0.3 is 5.97 Å². The maximum Gasteiger partial charge on any atom is 0.328 e. The van der Waals surface area contributed by atoms with Gasteiger partial charge in [-0.25, -0.2) is 4.79 Å². The summed E-state index contributed by atoms with van der Waals surface area (Å²) < 4.78 is 15.8. The number of hydrogen-bond acceptors (Lipinski definition) is 5.